The molecule has 0 aliphatic rings. The minimum absolute atomic E-state index is 0.0529. The molecular formula is C18H23N3O2. The number of nitrogens with one attached hydrogen (secondary N) is 2. The highest BCUT2D eigenvalue weighted by molar-refractivity contribution is 5.99. The second kappa shape index (κ2) is 8.29. The number of carbonyl (C=O) groups is 2. The summed E-state index contributed by atoms with van der Waals surface area (Å²) < 4.78 is 0. The van der Waals surface area contributed by atoms with E-state index >= 15 is 0 Å². The number of hydrogen-bond donors (Lipinski definition) is 2. The SMILES string of the molecule is CC(=O)c1c[nH]c(C(=O)NCCCN(C)Cc2ccccc2)c1. The third kappa shape index (κ3) is 5.38. The van der Waals surface area contributed by atoms with Gasteiger partial charge in [0.1, 0.15) is 5.69 Å². The van der Waals surface area contributed by atoms with Crippen molar-refractivity contribution in [1.29, 1.82) is 0 Å². The third-order valence-electron chi connectivity index (χ3n) is 3.63. The number of Topliss-reactive ketones (excluding diaryl/α,β-unsaturated/α-hetero) is 1. The lowest BCUT2D eigenvalue weighted by Crippen LogP contribution is -2.28. The first-order valence-corrected chi connectivity index (χ1v) is 7.76. The predicted molar refractivity (Wildman–Crippen MR) is 90.5 cm³/mol. The van der Waals surface area contributed by atoms with Crippen molar-refractivity contribution >= 4 is 11.7 Å². The molecule has 0 saturated carbocycles. The van der Waals surface area contributed by atoms with Crippen molar-refractivity contribution in [2.45, 2.75) is 19.9 Å². The van der Waals surface area contributed by atoms with E-state index in [4.69, 9.17) is 0 Å². The van der Waals surface area contributed by atoms with E-state index in [9.17, 15) is 9.59 Å². The molecule has 122 valence electrons. The van der Waals surface area contributed by atoms with Gasteiger partial charge >= 0.3 is 0 Å². The van der Waals surface area contributed by atoms with E-state index in [2.05, 4.69) is 34.4 Å². The average Bonchev–Trinajstić information content (AvgIpc) is 3.02. The molecule has 0 unspecified atom stereocenters. The number of nitrogens with zero attached hydrogens (tertiary/aromatic N) is 1. The standard InChI is InChI=1S/C18H23N3O2/c1-14(22)16-11-17(20-12-16)18(23)19-9-6-10-21(2)13-15-7-4-3-5-8-15/h3-5,7-8,11-12,20H,6,9-10,13H2,1-2H3,(H,19,23). The Morgan fingerprint density at radius 1 is 1.22 bits per heavy atom. The minimum atomic E-state index is -0.178. The molecule has 0 radical (unpaired) electrons. The maximum absolute atomic E-state index is 11.9. The first-order chi connectivity index (χ1) is 11.1. The fraction of sp³-hybridized carbons (Fsp3) is 0.333. The van der Waals surface area contributed by atoms with E-state index in [0.717, 1.165) is 19.5 Å². The molecule has 1 aromatic heterocycles. The highest BCUT2D eigenvalue weighted by atomic mass is 16.2. The van der Waals surface area contributed by atoms with Crippen molar-refractivity contribution in [3.8, 4) is 0 Å². The summed E-state index contributed by atoms with van der Waals surface area (Å²) in [6, 6.07) is 11.9. The average molecular weight is 313 g/mol. The molecule has 1 heterocycles. The summed E-state index contributed by atoms with van der Waals surface area (Å²) in [5.74, 6) is -0.231. The van der Waals surface area contributed by atoms with Crippen molar-refractivity contribution in [2.24, 2.45) is 0 Å². The number of amides is 1. The minimum Gasteiger partial charge on any atom is -0.356 e. The molecule has 5 heteroatoms. The first kappa shape index (κ1) is 17.0. The van der Waals surface area contributed by atoms with E-state index in [1.165, 1.54) is 12.5 Å². The Bertz CT molecular complexity index is 649. The van der Waals surface area contributed by atoms with Crippen LogP contribution in [0.2, 0.25) is 0 Å². The number of carbonyl (C=O) groups excluding carboxylic acids is 2. The van der Waals surface area contributed by atoms with Gasteiger partial charge in [0.15, 0.2) is 5.78 Å². The molecule has 0 bridgehead atoms. The van der Waals surface area contributed by atoms with Crippen LogP contribution in [-0.2, 0) is 6.54 Å². The van der Waals surface area contributed by atoms with Gasteiger partial charge in [0.05, 0.1) is 0 Å². The molecule has 1 amide bonds. The quantitative estimate of drug-likeness (QED) is 0.581. The Balaban J connectivity index is 1.68. The van der Waals surface area contributed by atoms with Gasteiger partial charge in [0.25, 0.3) is 5.91 Å². The Kier molecular flexibility index (Phi) is 6.11. The second-order valence-corrected chi connectivity index (χ2v) is 5.69. The van der Waals surface area contributed by atoms with E-state index in [-0.39, 0.29) is 11.7 Å². The molecule has 1 aromatic carbocycles. The third-order valence-corrected chi connectivity index (χ3v) is 3.63. The number of benzene rings is 1. The normalized spacial score (nSPS) is 10.7. The van der Waals surface area contributed by atoms with Crippen LogP contribution >= 0.6 is 0 Å². The van der Waals surface area contributed by atoms with Crippen LogP contribution in [0, 0.1) is 0 Å². The van der Waals surface area contributed by atoms with Crippen LogP contribution in [0.15, 0.2) is 42.6 Å². The van der Waals surface area contributed by atoms with Crippen LogP contribution in [0.25, 0.3) is 0 Å². The van der Waals surface area contributed by atoms with Gasteiger partial charge in [-0.1, -0.05) is 30.3 Å². The van der Waals surface area contributed by atoms with E-state index in [0.29, 0.717) is 17.8 Å². The van der Waals surface area contributed by atoms with Crippen LogP contribution in [0.5, 0.6) is 0 Å². The summed E-state index contributed by atoms with van der Waals surface area (Å²) in [4.78, 5) is 28.2. The Hall–Kier alpha value is -2.40. The highest BCUT2D eigenvalue weighted by Crippen LogP contribution is 2.05. The van der Waals surface area contributed by atoms with Gasteiger partial charge in [-0.2, -0.15) is 0 Å². The van der Waals surface area contributed by atoms with Crippen LogP contribution in [0.4, 0.5) is 0 Å². The Morgan fingerprint density at radius 3 is 2.61 bits per heavy atom. The molecule has 0 aliphatic carbocycles. The lowest BCUT2D eigenvalue weighted by Gasteiger charge is -2.16. The largest absolute Gasteiger partial charge is 0.356 e. The molecule has 0 fully saturated rings. The van der Waals surface area contributed by atoms with Gasteiger partial charge in [-0.15, -0.1) is 0 Å². The molecule has 0 spiro atoms. The molecule has 0 saturated heterocycles. The predicted octanol–water partition coefficient (Wildman–Crippen LogP) is 2.47. The molecular weight excluding hydrogens is 290 g/mol. The fourth-order valence-corrected chi connectivity index (χ4v) is 2.35. The van der Waals surface area contributed by atoms with Crippen molar-refractivity contribution < 1.29 is 9.59 Å². The number of aromatic amines is 1. The van der Waals surface area contributed by atoms with Gasteiger partial charge in [0, 0.05) is 24.8 Å². The van der Waals surface area contributed by atoms with Crippen LogP contribution in [0.3, 0.4) is 0 Å². The summed E-state index contributed by atoms with van der Waals surface area (Å²) in [6.07, 6.45) is 2.43. The zero-order valence-corrected chi connectivity index (χ0v) is 13.6. The molecule has 5 nitrogen and oxygen atoms in total. The van der Waals surface area contributed by atoms with E-state index in [1.54, 1.807) is 12.3 Å². The maximum Gasteiger partial charge on any atom is 0.267 e. The highest BCUT2D eigenvalue weighted by Gasteiger charge is 2.10. The number of ketones is 1. The van der Waals surface area contributed by atoms with E-state index in [1.807, 2.05) is 18.2 Å². The Morgan fingerprint density at radius 2 is 1.96 bits per heavy atom. The van der Waals surface area contributed by atoms with Crippen molar-refractivity contribution in [3.05, 3.63) is 59.4 Å². The summed E-state index contributed by atoms with van der Waals surface area (Å²) >= 11 is 0. The van der Waals surface area contributed by atoms with Gasteiger partial charge < -0.3 is 15.2 Å². The Labute approximate surface area is 136 Å². The van der Waals surface area contributed by atoms with E-state index < -0.39 is 0 Å². The summed E-state index contributed by atoms with van der Waals surface area (Å²) in [5.41, 5.74) is 2.23. The number of hydrogen-bond acceptors (Lipinski definition) is 3. The maximum atomic E-state index is 11.9. The van der Waals surface area contributed by atoms with Crippen LogP contribution in [-0.4, -0.2) is 41.7 Å². The number of H-pyrrole nitrogens is 1. The zero-order chi connectivity index (χ0) is 16.7. The van der Waals surface area contributed by atoms with Gasteiger partial charge in [-0.3, -0.25) is 9.59 Å². The molecule has 2 aromatic rings. The molecule has 23 heavy (non-hydrogen) atoms. The monoisotopic (exact) mass is 313 g/mol. The fourth-order valence-electron chi connectivity index (χ4n) is 2.35. The van der Waals surface area contributed by atoms with Gasteiger partial charge in [-0.25, -0.2) is 0 Å². The lowest BCUT2D eigenvalue weighted by molar-refractivity contribution is 0.0947. The number of aromatic nitrogens is 1. The van der Waals surface area contributed by atoms with Gasteiger partial charge in [-0.05, 0) is 38.6 Å². The van der Waals surface area contributed by atoms with Crippen molar-refractivity contribution in [2.75, 3.05) is 20.1 Å². The summed E-state index contributed by atoms with van der Waals surface area (Å²) in [7, 11) is 2.07. The van der Waals surface area contributed by atoms with Gasteiger partial charge in [0.2, 0.25) is 0 Å². The molecule has 0 atom stereocenters. The lowest BCUT2D eigenvalue weighted by atomic mass is 10.2. The van der Waals surface area contributed by atoms with Crippen LogP contribution in [0.1, 0.15) is 39.8 Å². The van der Waals surface area contributed by atoms with Crippen molar-refractivity contribution in [1.82, 2.24) is 15.2 Å². The molecule has 2 rings (SSSR count). The summed E-state index contributed by atoms with van der Waals surface area (Å²) in [6.45, 7) is 3.88. The van der Waals surface area contributed by atoms with Crippen LogP contribution < -0.4 is 5.32 Å². The number of rotatable bonds is 8. The topological polar surface area (TPSA) is 65.2 Å². The molecule has 0 aliphatic heterocycles. The molecule has 2 N–H and O–H groups in total. The van der Waals surface area contributed by atoms with Crippen molar-refractivity contribution in [3.63, 3.8) is 0 Å². The second-order valence-electron chi connectivity index (χ2n) is 5.69. The first-order valence-electron chi connectivity index (χ1n) is 7.76. The smallest absolute Gasteiger partial charge is 0.267 e. The summed E-state index contributed by atoms with van der Waals surface area (Å²) in [5, 5.41) is 2.86. The zero-order valence-electron chi connectivity index (χ0n) is 13.6.